The van der Waals surface area contributed by atoms with Crippen LogP contribution in [0.1, 0.15) is 30.1 Å². The molecule has 0 heterocycles. The lowest BCUT2D eigenvalue weighted by atomic mass is 10.2. The van der Waals surface area contributed by atoms with Crippen LogP contribution < -0.4 is 15.4 Å². The van der Waals surface area contributed by atoms with Crippen LogP contribution in [0.5, 0.6) is 5.75 Å². The molecule has 0 saturated heterocycles. The van der Waals surface area contributed by atoms with E-state index in [2.05, 4.69) is 17.6 Å². The zero-order chi connectivity index (χ0) is 17.4. The van der Waals surface area contributed by atoms with E-state index >= 15 is 0 Å². The average Bonchev–Trinajstić information content (AvgIpc) is 2.58. The number of hydrogen-bond donors (Lipinski definition) is 2. The van der Waals surface area contributed by atoms with Gasteiger partial charge in [-0.3, -0.25) is 10.1 Å². The van der Waals surface area contributed by atoms with Crippen LogP contribution in [0.25, 0.3) is 0 Å². The Morgan fingerprint density at radius 3 is 2.54 bits per heavy atom. The molecule has 0 radical (unpaired) electrons. The zero-order valence-electron chi connectivity index (χ0n) is 13.3. The Morgan fingerprint density at radius 2 is 1.88 bits per heavy atom. The summed E-state index contributed by atoms with van der Waals surface area (Å²) in [6.07, 6.45) is 2.05. The van der Waals surface area contributed by atoms with Gasteiger partial charge in [0.15, 0.2) is 5.11 Å². The third kappa shape index (κ3) is 5.31. The molecule has 24 heavy (non-hydrogen) atoms. The Morgan fingerprint density at radius 1 is 1.17 bits per heavy atom. The summed E-state index contributed by atoms with van der Waals surface area (Å²) >= 11 is 5.03. The largest absolute Gasteiger partial charge is 0.494 e. The third-order valence-electron chi connectivity index (χ3n) is 3.23. The van der Waals surface area contributed by atoms with Crippen molar-refractivity contribution in [3.05, 3.63) is 59.9 Å². The van der Waals surface area contributed by atoms with Crippen LogP contribution in [0.2, 0.25) is 0 Å². The molecule has 0 unspecified atom stereocenters. The molecule has 0 fully saturated rings. The summed E-state index contributed by atoms with van der Waals surface area (Å²) in [6, 6.07) is 12.9. The number of hydrogen-bond acceptors (Lipinski definition) is 3. The average molecular weight is 346 g/mol. The third-order valence-corrected chi connectivity index (χ3v) is 3.44. The first-order chi connectivity index (χ1) is 11.6. The van der Waals surface area contributed by atoms with Crippen LogP contribution in [0.3, 0.4) is 0 Å². The lowest BCUT2D eigenvalue weighted by Crippen LogP contribution is -2.34. The Kier molecular flexibility index (Phi) is 6.69. The maximum atomic E-state index is 13.5. The van der Waals surface area contributed by atoms with Gasteiger partial charge in [-0.05, 0) is 55.0 Å². The molecule has 0 bridgehead atoms. The number of amides is 1. The molecule has 0 atom stereocenters. The molecule has 0 saturated carbocycles. The predicted molar refractivity (Wildman–Crippen MR) is 96.9 cm³/mol. The molecule has 0 aliphatic rings. The summed E-state index contributed by atoms with van der Waals surface area (Å²) in [7, 11) is 0. The van der Waals surface area contributed by atoms with Crippen molar-refractivity contribution in [1.29, 1.82) is 0 Å². The van der Waals surface area contributed by atoms with E-state index in [4.69, 9.17) is 17.0 Å². The highest BCUT2D eigenvalue weighted by Crippen LogP contribution is 2.14. The molecule has 0 aliphatic heterocycles. The number of ether oxygens (including phenoxy) is 1. The summed E-state index contributed by atoms with van der Waals surface area (Å²) in [6.45, 7) is 2.74. The second-order valence-corrected chi connectivity index (χ2v) is 5.52. The molecule has 2 rings (SSSR count). The second kappa shape index (κ2) is 8.98. The van der Waals surface area contributed by atoms with Gasteiger partial charge in [-0.15, -0.1) is 0 Å². The van der Waals surface area contributed by atoms with Crippen LogP contribution in [-0.4, -0.2) is 17.6 Å². The molecule has 0 aromatic heterocycles. The molecular formula is C18H19FN2O2S. The van der Waals surface area contributed by atoms with Crippen molar-refractivity contribution in [2.45, 2.75) is 19.8 Å². The quantitative estimate of drug-likeness (QED) is 0.610. The minimum atomic E-state index is -0.442. The smallest absolute Gasteiger partial charge is 0.257 e. The molecule has 6 heteroatoms. The van der Waals surface area contributed by atoms with E-state index < -0.39 is 5.82 Å². The van der Waals surface area contributed by atoms with Gasteiger partial charge in [0.1, 0.15) is 11.6 Å². The van der Waals surface area contributed by atoms with Gasteiger partial charge in [-0.1, -0.05) is 25.5 Å². The Labute approximate surface area is 146 Å². The van der Waals surface area contributed by atoms with Crippen molar-refractivity contribution in [3.63, 3.8) is 0 Å². The van der Waals surface area contributed by atoms with Crippen molar-refractivity contribution < 1.29 is 13.9 Å². The van der Waals surface area contributed by atoms with Crippen molar-refractivity contribution >= 4 is 28.9 Å². The number of benzene rings is 2. The van der Waals surface area contributed by atoms with Gasteiger partial charge in [0, 0.05) is 5.56 Å². The molecular weight excluding hydrogens is 327 g/mol. The molecule has 2 aromatic carbocycles. The molecule has 126 valence electrons. The summed E-state index contributed by atoms with van der Waals surface area (Å²) in [5.41, 5.74) is 0.651. The van der Waals surface area contributed by atoms with Crippen LogP contribution in [0.4, 0.5) is 10.1 Å². The number of halogens is 1. The van der Waals surface area contributed by atoms with Crippen LogP contribution in [-0.2, 0) is 0 Å². The monoisotopic (exact) mass is 346 g/mol. The summed E-state index contributed by atoms with van der Waals surface area (Å²) in [5.74, 6) is -0.0984. The van der Waals surface area contributed by atoms with Crippen LogP contribution in [0.15, 0.2) is 48.5 Å². The van der Waals surface area contributed by atoms with Crippen molar-refractivity contribution in [2.24, 2.45) is 0 Å². The van der Waals surface area contributed by atoms with Crippen LogP contribution in [0, 0.1) is 5.82 Å². The normalized spacial score (nSPS) is 10.1. The summed E-state index contributed by atoms with van der Waals surface area (Å²) in [4.78, 5) is 12.1. The van der Waals surface area contributed by atoms with Gasteiger partial charge in [0.2, 0.25) is 0 Å². The molecule has 2 aromatic rings. The number of anilines is 1. The maximum Gasteiger partial charge on any atom is 0.257 e. The minimum Gasteiger partial charge on any atom is -0.494 e. The number of unbranched alkanes of at least 4 members (excludes halogenated alkanes) is 1. The SMILES string of the molecule is CCCCOc1ccc(C(=O)NC(=S)Nc2ccccc2F)cc1. The van der Waals surface area contributed by atoms with Crippen molar-refractivity contribution in [2.75, 3.05) is 11.9 Å². The fraction of sp³-hybridized carbons (Fsp3) is 0.222. The Bertz CT molecular complexity index is 704. The van der Waals surface area contributed by atoms with Gasteiger partial charge in [0.05, 0.1) is 12.3 Å². The first-order valence-corrected chi connectivity index (χ1v) is 8.10. The number of rotatable bonds is 6. The second-order valence-electron chi connectivity index (χ2n) is 5.11. The van der Waals surface area contributed by atoms with Gasteiger partial charge >= 0.3 is 0 Å². The summed E-state index contributed by atoms with van der Waals surface area (Å²) in [5, 5.41) is 5.21. The lowest BCUT2D eigenvalue weighted by molar-refractivity contribution is 0.0977. The number of thiocarbonyl (C=S) groups is 1. The first-order valence-electron chi connectivity index (χ1n) is 7.70. The lowest BCUT2D eigenvalue weighted by Gasteiger charge is -2.10. The highest BCUT2D eigenvalue weighted by Gasteiger charge is 2.09. The van der Waals surface area contributed by atoms with Gasteiger partial charge in [-0.25, -0.2) is 4.39 Å². The van der Waals surface area contributed by atoms with E-state index in [1.165, 1.54) is 12.1 Å². The van der Waals surface area contributed by atoms with Gasteiger partial charge in [-0.2, -0.15) is 0 Å². The van der Waals surface area contributed by atoms with Crippen molar-refractivity contribution in [3.8, 4) is 5.75 Å². The Hall–Kier alpha value is -2.47. The summed E-state index contributed by atoms with van der Waals surface area (Å²) < 4.78 is 19.1. The minimum absolute atomic E-state index is 0.0355. The van der Waals surface area contributed by atoms with E-state index in [9.17, 15) is 9.18 Å². The fourth-order valence-electron chi connectivity index (χ4n) is 1.93. The first kappa shape index (κ1) is 17.9. The molecule has 0 aliphatic carbocycles. The molecule has 1 amide bonds. The Balaban J connectivity index is 1.89. The maximum absolute atomic E-state index is 13.5. The topological polar surface area (TPSA) is 50.4 Å². The fourth-order valence-corrected chi connectivity index (χ4v) is 2.13. The van der Waals surface area contributed by atoms with Gasteiger partial charge < -0.3 is 10.1 Å². The highest BCUT2D eigenvalue weighted by atomic mass is 32.1. The molecule has 4 nitrogen and oxygen atoms in total. The van der Waals surface area contributed by atoms with Gasteiger partial charge in [0.25, 0.3) is 5.91 Å². The molecule has 2 N–H and O–H groups in total. The van der Waals surface area contributed by atoms with E-state index in [1.54, 1.807) is 36.4 Å². The molecule has 0 spiro atoms. The number of carbonyl (C=O) groups is 1. The number of carbonyl (C=O) groups excluding carboxylic acids is 1. The van der Waals surface area contributed by atoms with Crippen molar-refractivity contribution in [1.82, 2.24) is 5.32 Å². The van der Waals surface area contributed by atoms with E-state index in [-0.39, 0.29) is 16.7 Å². The van der Waals surface area contributed by atoms with Crippen LogP contribution >= 0.6 is 12.2 Å². The zero-order valence-corrected chi connectivity index (χ0v) is 14.2. The number of para-hydroxylation sites is 1. The van der Waals surface area contributed by atoms with E-state index in [0.29, 0.717) is 17.9 Å². The number of nitrogens with one attached hydrogen (secondary N) is 2. The highest BCUT2D eigenvalue weighted by molar-refractivity contribution is 7.80. The van der Waals surface area contributed by atoms with E-state index in [1.807, 2.05) is 0 Å². The standard InChI is InChI=1S/C18H19FN2O2S/c1-2-3-12-23-14-10-8-13(9-11-14)17(22)21-18(24)20-16-7-5-4-6-15(16)19/h4-11H,2-3,12H2,1H3,(H2,20,21,22,24). The van der Waals surface area contributed by atoms with E-state index in [0.717, 1.165) is 12.8 Å². The predicted octanol–water partition coefficient (Wildman–Crippen LogP) is 4.13.